The fourth-order valence-corrected chi connectivity index (χ4v) is 5.27. The number of nitrogens with zero attached hydrogens (tertiary/aromatic N) is 6. The van der Waals surface area contributed by atoms with Crippen LogP contribution in [0.2, 0.25) is 0 Å². The van der Waals surface area contributed by atoms with Crippen LogP contribution in [0.5, 0.6) is 5.75 Å². The van der Waals surface area contributed by atoms with Gasteiger partial charge in [0, 0.05) is 45.0 Å². The number of nitrogens with one attached hydrogen (secondary N) is 2. The fraction of sp³-hybridized carbons (Fsp3) is 0.458. The van der Waals surface area contributed by atoms with Crippen molar-refractivity contribution in [1.29, 1.82) is 0 Å². The van der Waals surface area contributed by atoms with Crippen molar-refractivity contribution >= 4 is 33.5 Å². The van der Waals surface area contributed by atoms with Gasteiger partial charge in [-0.1, -0.05) is 23.5 Å². The van der Waals surface area contributed by atoms with Crippen molar-refractivity contribution in [3.05, 3.63) is 48.2 Å². The maximum absolute atomic E-state index is 12.4. The number of ether oxygens (including phenoxy) is 2. The Labute approximate surface area is 226 Å². The van der Waals surface area contributed by atoms with Crippen molar-refractivity contribution in [2.45, 2.75) is 44.3 Å². The zero-order valence-electron chi connectivity index (χ0n) is 20.8. The molecule has 0 bridgehead atoms. The minimum atomic E-state index is -4.71. The van der Waals surface area contributed by atoms with Gasteiger partial charge in [0.2, 0.25) is 10.3 Å². The molecule has 208 valence electrons. The number of benzene rings is 1. The predicted molar refractivity (Wildman–Crippen MR) is 138 cm³/mol. The van der Waals surface area contributed by atoms with E-state index in [1.54, 1.807) is 18.3 Å². The molecule has 0 spiro atoms. The Morgan fingerprint density at radius 3 is 2.51 bits per heavy atom. The van der Waals surface area contributed by atoms with Gasteiger partial charge in [0.25, 0.3) is 0 Å². The van der Waals surface area contributed by atoms with Crippen LogP contribution in [0, 0.1) is 0 Å². The van der Waals surface area contributed by atoms with E-state index in [0.29, 0.717) is 42.7 Å². The van der Waals surface area contributed by atoms with E-state index in [1.807, 2.05) is 12.1 Å². The van der Waals surface area contributed by atoms with Crippen molar-refractivity contribution in [3.8, 4) is 5.75 Å². The molecule has 1 atom stereocenters. The van der Waals surface area contributed by atoms with Gasteiger partial charge in [0.15, 0.2) is 5.82 Å². The average molecular weight is 565 g/mol. The smallest absolute Gasteiger partial charge is 0.446 e. The molecule has 0 unspecified atom stereocenters. The van der Waals surface area contributed by atoms with Crippen molar-refractivity contribution in [3.63, 3.8) is 0 Å². The van der Waals surface area contributed by atoms with Gasteiger partial charge in [-0.2, -0.15) is 5.10 Å². The molecule has 1 amide bonds. The second-order valence-electron chi connectivity index (χ2n) is 9.27. The molecule has 2 aliphatic rings. The van der Waals surface area contributed by atoms with Crippen molar-refractivity contribution in [2.75, 3.05) is 41.7 Å². The molecular weight excluding hydrogens is 537 g/mol. The normalized spacial score (nSPS) is 18.6. The summed E-state index contributed by atoms with van der Waals surface area (Å²) < 4.78 is 46.4. The van der Waals surface area contributed by atoms with Crippen LogP contribution in [-0.2, 0) is 11.3 Å². The Kier molecular flexibility index (Phi) is 8.26. The van der Waals surface area contributed by atoms with Gasteiger partial charge in [0.05, 0.1) is 0 Å². The third-order valence-electron chi connectivity index (χ3n) is 6.40. The van der Waals surface area contributed by atoms with E-state index in [4.69, 9.17) is 4.74 Å². The number of aromatic nitrogens is 4. The van der Waals surface area contributed by atoms with E-state index in [9.17, 15) is 18.0 Å². The number of likely N-dealkylation sites (tertiary alicyclic amines) is 1. The highest BCUT2D eigenvalue weighted by atomic mass is 32.1. The van der Waals surface area contributed by atoms with Gasteiger partial charge >= 0.3 is 12.5 Å². The maximum atomic E-state index is 12.4. The topological polar surface area (TPSA) is 118 Å². The number of anilines is 3. The first-order chi connectivity index (χ1) is 18.8. The number of alkyl halides is 3. The van der Waals surface area contributed by atoms with E-state index in [2.05, 4.69) is 45.6 Å². The highest BCUT2D eigenvalue weighted by molar-refractivity contribution is 7.19. The zero-order chi connectivity index (χ0) is 27.2. The van der Waals surface area contributed by atoms with Crippen LogP contribution in [0.25, 0.3) is 0 Å². The lowest BCUT2D eigenvalue weighted by Gasteiger charge is -2.31. The number of carbonyl (C=O) groups is 1. The molecule has 0 aliphatic carbocycles. The summed E-state index contributed by atoms with van der Waals surface area (Å²) in [5, 5.41) is 23.2. The summed E-state index contributed by atoms with van der Waals surface area (Å²) in [5.74, 6) is 0.592. The fourth-order valence-electron chi connectivity index (χ4n) is 4.56. The summed E-state index contributed by atoms with van der Waals surface area (Å²) in [6.07, 6.45) is -1.67. The largest absolute Gasteiger partial charge is 0.573 e. The van der Waals surface area contributed by atoms with Crippen molar-refractivity contribution < 1.29 is 27.4 Å². The van der Waals surface area contributed by atoms with E-state index < -0.39 is 12.5 Å². The number of hydrogen-bond acceptors (Lipinski definition) is 11. The molecule has 0 saturated carbocycles. The van der Waals surface area contributed by atoms with Gasteiger partial charge in [-0.15, -0.1) is 28.5 Å². The van der Waals surface area contributed by atoms with E-state index in [-0.39, 0.29) is 17.9 Å². The first kappa shape index (κ1) is 26.9. The second-order valence-corrected chi connectivity index (χ2v) is 10.2. The van der Waals surface area contributed by atoms with E-state index in [1.165, 1.54) is 23.5 Å². The summed E-state index contributed by atoms with van der Waals surface area (Å²) in [7, 11) is 0. The summed E-state index contributed by atoms with van der Waals surface area (Å²) in [6, 6.07) is 9.80. The van der Waals surface area contributed by atoms with Gasteiger partial charge in [-0.05, 0) is 49.1 Å². The highest BCUT2D eigenvalue weighted by Gasteiger charge is 2.31. The number of hydrogen-bond donors (Lipinski definition) is 2. The highest BCUT2D eigenvalue weighted by Crippen LogP contribution is 2.26. The first-order valence-corrected chi connectivity index (χ1v) is 13.3. The SMILES string of the molecule is O=C(Nc1nnc(N[C@@H]2CCN(c3cccnn3)C2)s1)OC1CCN(Cc2ccc(OC(F)(F)F)cc2)CC1. The second kappa shape index (κ2) is 12.0. The molecule has 2 aliphatic heterocycles. The summed E-state index contributed by atoms with van der Waals surface area (Å²) >= 11 is 1.24. The molecule has 0 radical (unpaired) electrons. The van der Waals surface area contributed by atoms with E-state index >= 15 is 0 Å². The van der Waals surface area contributed by atoms with Crippen LogP contribution in [0.1, 0.15) is 24.8 Å². The number of halogens is 3. The lowest BCUT2D eigenvalue weighted by Crippen LogP contribution is -2.38. The molecule has 1 aromatic carbocycles. The zero-order valence-corrected chi connectivity index (χ0v) is 21.6. The average Bonchev–Trinajstić information content (AvgIpc) is 3.56. The van der Waals surface area contributed by atoms with Crippen LogP contribution in [0.3, 0.4) is 0 Å². The van der Waals surface area contributed by atoms with Gasteiger partial charge in [0.1, 0.15) is 11.9 Å². The molecule has 11 nitrogen and oxygen atoms in total. The Hall–Kier alpha value is -3.72. The lowest BCUT2D eigenvalue weighted by atomic mass is 10.1. The van der Waals surface area contributed by atoms with Gasteiger partial charge in [-0.25, -0.2) is 4.79 Å². The van der Waals surface area contributed by atoms with Gasteiger partial charge < -0.3 is 19.7 Å². The standard InChI is InChI=1S/C24H27F3N8O3S/c25-24(26,27)38-19-5-3-16(4-6-19)14-34-11-8-18(9-12-34)37-23(36)30-22-33-32-21(39-22)29-17-7-13-35(15-17)20-2-1-10-28-31-20/h1-6,10,17-18H,7-9,11-15H2,(H,29,32)(H,30,33,36)/t17-/m1/s1. The molecule has 5 rings (SSSR count). The molecular formula is C24H27F3N8O3S. The van der Waals surface area contributed by atoms with Crippen molar-refractivity contribution in [1.82, 2.24) is 25.3 Å². The molecule has 2 N–H and O–H groups in total. The molecule has 39 heavy (non-hydrogen) atoms. The molecule has 15 heteroatoms. The Balaban J connectivity index is 1.01. The predicted octanol–water partition coefficient (Wildman–Crippen LogP) is 4.13. The Morgan fingerprint density at radius 2 is 1.79 bits per heavy atom. The third-order valence-corrected chi connectivity index (χ3v) is 7.17. The minimum absolute atomic E-state index is 0.177. The Bertz CT molecular complexity index is 1220. The van der Waals surface area contributed by atoms with Crippen LogP contribution >= 0.6 is 11.3 Å². The summed E-state index contributed by atoms with van der Waals surface area (Å²) in [6.45, 7) is 3.59. The molecule has 2 saturated heterocycles. The number of amides is 1. The van der Waals surface area contributed by atoms with Gasteiger partial charge in [-0.3, -0.25) is 10.2 Å². The maximum Gasteiger partial charge on any atom is 0.573 e. The third kappa shape index (κ3) is 7.89. The Morgan fingerprint density at radius 1 is 1.03 bits per heavy atom. The number of piperidine rings is 1. The van der Waals surface area contributed by atoms with Crippen molar-refractivity contribution in [2.24, 2.45) is 0 Å². The van der Waals surface area contributed by atoms with Crippen LogP contribution in [-0.4, -0.2) is 76.1 Å². The monoisotopic (exact) mass is 564 g/mol. The van der Waals surface area contributed by atoms with Crippen LogP contribution < -0.4 is 20.3 Å². The summed E-state index contributed by atoms with van der Waals surface area (Å²) in [4.78, 5) is 16.7. The molecule has 4 heterocycles. The first-order valence-electron chi connectivity index (χ1n) is 12.5. The number of rotatable bonds is 8. The minimum Gasteiger partial charge on any atom is -0.446 e. The molecule has 3 aromatic rings. The van der Waals surface area contributed by atoms with E-state index in [0.717, 1.165) is 30.9 Å². The number of carbonyl (C=O) groups excluding carboxylic acids is 1. The van der Waals surface area contributed by atoms with Crippen LogP contribution in [0.4, 0.5) is 34.0 Å². The molecule has 2 aromatic heterocycles. The molecule has 2 fully saturated rings. The lowest BCUT2D eigenvalue weighted by molar-refractivity contribution is -0.274. The van der Waals surface area contributed by atoms with Crippen LogP contribution in [0.15, 0.2) is 42.6 Å². The quantitative estimate of drug-likeness (QED) is 0.414. The summed E-state index contributed by atoms with van der Waals surface area (Å²) in [5.41, 5.74) is 0.876.